The van der Waals surface area contributed by atoms with Crippen LogP contribution in [0.2, 0.25) is 0 Å². The SMILES string of the molecule is CC[C@@H]1CN(Cc2nc(C(c3ccc4c(nnn4CC)c3C)C(C)(C)C(=O)O)sc2C)S(=O)(=O)c2cccnc2O1. The molecular weight excluding hydrogens is 564 g/mol. The Balaban J connectivity index is 1.59. The highest BCUT2D eigenvalue weighted by atomic mass is 32.2. The number of sulfonamides is 1. The van der Waals surface area contributed by atoms with Crippen LogP contribution >= 0.6 is 11.3 Å². The molecule has 0 saturated carbocycles. The van der Waals surface area contributed by atoms with E-state index in [2.05, 4.69) is 15.3 Å². The van der Waals surface area contributed by atoms with Crippen LogP contribution in [0.3, 0.4) is 0 Å². The first-order valence-corrected chi connectivity index (χ1v) is 15.8. The summed E-state index contributed by atoms with van der Waals surface area (Å²) in [6, 6.07) is 6.94. The third kappa shape index (κ3) is 4.99. The Labute approximate surface area is 243 Å². The maximum atomic E-state index is 13.7. The molecule has 1 aromatic carbocycles. The van der Waals surface area contributed by atoms with Crippen LogP contribution in [0.1, 0.15) is 66.7 Å². The van der Waals surface area contributed by atoms with E-state index in [4.69, 9.17) is 9.72 Å². The van der Waals surface area contributed by atoms with Gasteiger partial charge < -0.3 is 9.84 Å². The lowest BCUT2D eigenvalue weighted by atomic mass is 9.74. The van der Waals surface area contributed by atoms with Crippen molar-refractivity contribution in [3.8, 4) is 5.88 Å². The average molecular weight is 599 g/mol. The summed E-state index contributed by atoms with van der Waals surface area (Å²) in [6.45, 7) is 12.0. The number of hydrogen-bond donors (Lipinski definition) is 1. The number of benzene rings is 1. The Bertz CT molecular complexity index is 1730. The summed E-state index contributed by atoms with van der Waals surface area (Å²) in [5.41, 5.74) is 2.61. The van der Waals surface area contributed by atoms with Gasteiger partial charge >= 0.3 is 5.97 Å². The monoisotopic (exact) mass is 598 g/mol. The molecule has 1 aliphatic heterocycles. The van der Waals surface area contributed by atoms with Crippen LogP contribution in [0.4, 0.5) is 0 Å². The quantitative estimate of drug-likeness (QED) is 0.310. The van der Waals surface area contributed by atoms with Crippen molar-refractivity contribution < 1.29 is 23.1 Å². The molecule has 13 heteroatoms. The van der Waals surface area contributed by atoms with E-state index in [0.29, 0.717) is 23.7 Å². The molecule has 0 saturated heterocycles. The molecule has 0 radical (unpaired) electrons. The summed E-state index contributed by atoms with van der Waals surface area (Å²) in [4.78, 5) is 22.5. The molecule has 41 heavy (non-hydrogen) atoms. The van der Waals surface area contributed by atoms with Crippen molar-refractivity contribution in [2.75, 3.05) is 6.54 Å². The van der Waals surface area contributed by atoms with Crippen molar-refractivity contribution in [1.82, 2.24) is 29.3 Å². The van der Waals surface area contributed by atoms with Crippen molar-refractivity contribution in [2.45, 2.75) is 78.0 Å². The second-order valence-electron chi connectivity index (χ2n) is 10.8. The van der Waals surface area contributed by atoms with E-state index in [1.165, 1.54) is 27.9 Å². The number of nitrogens with zero attached hydrogens (tertiary/aromatic N) is 6. The van der Waals surface area contributed by atoms with E-state index >= 15 is 0 Å². The summed E-state index contributed by atoms with van der Waals surface area (Å²) in [7, 11) is -3.91. The Morgan fingerprint density at radius 2 is 2.00 bits per heavy atom. The summed E-state index contributed by atoms with van der Waals surface area (Å²) >= 11 is 1.39. The van der Waals surface area contributed by atoms with Gasteiger partial charge in [-0.2, -0.15) is 4.31 Å². The van der Waals surface area contributed by atoms with Crippen LogP contribution < -0.4 is 4.74 Å². The standard InChI is InChI=1S/C28H34N6O5S2/c1-7-18-14-33(41(37,38)22-10-9-13-29-25(22)39-18)15-20-17(4)40-26(30-20)23(28(5,6)27(35)36)19-11-12-21-24(16(19)3)31-32-34(21)8-2/h9-13,18,23H,7-8,14-15H2,1-6H3,(H,35,36)/t18-,23?/m1/s1. The molecule has 0 fully saturated rings. The predicted octanol–water partition coefficient (Wildman–Crippen LogP) is 4.52. The number of aliphatic carboxylic acids is 1. The topological polar surface area (TPSA) is 140 Å². The van der Waals surface area contributed by atoms with Gasteiger partial charge in [0.15, 0.2) is 0 Å². The number of pyridine rings is 1. The number of aromatic nitrogens is 5. The van der Waals surface area contributed by atoms with Crippen molar-refractivity contribution >= 4 is 38.4 Å². The molecule has 0 bridgehead atoms. The summed E-state index contributed by atoms with van der Waals surface area (Å²) < 4.78 is 36.5. The first kappa shape index (κ1) is 29.1. The van der Waals surface area contributed by atoms with E-state index < -0.39 is 27.3 Å². The maximum absolute atomic E-state index is 13.7. The number of hydrogen-bond acceptors (Lipinski definition) is 9. The zero-order chi connectivity index (χ0) is 29.7. The molecular formula is C28H34N6O5S2. The van der Waals surface area contributed by atoms with E-state index in [1.807, 2.05) is 39.8 Å². The largest absolute Gasteiger partial charge is 0.481 e. The van der Waals surface area contributed by atoms with E-state index in [0.717, 1.165) is 27.0 Å². The third-order valence-electron chi connectivity index (χ3n) is 7.84. The number of aryl methyl sites for hydroxylation is 3. The fraction of sp³-hybridized carbons (Fsp3) is 0.464. The lowest BCUT2D eigenvalue weighted by molar-refractivity contribution is -0.147. The first-order chi connectivity index (χ1) is 19.4. The second-order valence-corrected chi connectivity index (χ2v) is 14.0. The zero-order valence-corrected chi connectivity index (χ0v) is 25.6. The highest BCUT2D eigenvalue weighted by Crippen LogP contribution is 2.45. The third-order valence-corrected chi connectivity index (χ3v) is 10.7. The van der Waals surface area contributed by atoms with Gasteiger partial charge in [-0.3, -0.25) is 4.79 Å². The van der Waals surface area contributed by atoms with Gasteiger partial charge in [0.25, 0.3) is 0 Å². The van der Waals surface area contributed by atoms with Gasteiger partial charge in [-0.1, -0.05) is 18.2 Å². The molecule has 11 nitrogen and oxygen atoms in total. The lowest BCUT2D eigenvalue weighted by Gasteiger charge is -2.30. The van der Waals surface area contributed by atoms with Crippen molar-refractivity contribution in [3.63, 3.8) is 0 Å². The Hall–Kier alpha value is -3.42. The molecule has 4 heterocycles. The molecule has 3 aromatic heterocycles. The molecule has 4 aromatic rings. The fourth-order valence-electron chi connectivity index (χ4n) is 5.25. The zero-order valence-electron chi connectivity index (χ0n) is 23.9. The van der Waals surface area contributed by atoms with Gasteiger partial charge in [-0.25, -0.2) is 23.1 Å². The molecule has 5 rings (SSSR count). The van der Waals surface area contributed by atoms with Crippen LogP contribution in [0.5, 0.6) is 5.88 Å². The Morgan fingerprint density at radius 3 is 2.68 bits per heavy atom. The van der Waals surface area contributed by atoms with Crippen LogP contribution in [-0.2, 0) is 27.9 Å². The number of fused-ring (bicyclic) bond motifs is 2. The van der Waals surface area contributed by atoms with Crippen molar-refractivity contribution in [1.29, 1.82) is 0 Å². The summed E-state index contributed by atoms with van der Waals surface area (Å²) in [5, 5.41) is 19.5. The average Bonchev–Trinajstić information content (AvgIpc) is 3.49. The number of carbonyl (C=O) groups is 1. The van der Waals surface area contributed by atoms with E-state index in [1.54, 1.807) is 24.6 Å². The molecule has 1 N–H and O–H groups in total. The minimum absolute atomic E-state index is 0.0259. The molecule has 0 spiro atoms. The lowest BCUT2D eigenvalue weighted by Crippen LogP contribution is -2.36. The minimum atomic E-state index is -3.91. The van der Waals surface area contributed by atoms with Gasteiger partial charge in [-0.05, 0) is 70.4 Å². The van der Waals surface area contributed by atoms with Crippen LogP contribution in [0.25, 0.3) is 11.0 Å². The Morgan fingerprint density at radius 1 is 1.24 bits per heavy atom. The first-order valence-electron chi connectivity index (χ1n) is 13.5. The van der Waals surface area contributed by atoms with Crippen molar-refractivity contribution in [2.24, 2.45) is 5.41 Å². The van der Waals surface area contributed by atoms with Gasteiger partial charge in [-0.15, -0.1) is 16.4 Å². The van der Waals surface area contributed by atoms with Gasteiger partial charge in [0.05, 0.1) is 35.6 Å². The van der Waals surface area contributed by atoms with Crippen molar-refractivity contribution in [3.05, 3.63) is 57.2 Å². The molecule has 218 valence electrons. The Kier molecular flexibility index (Phi) is 7.64. The molecule has 1 unspecified atom stereocenters. The maximum Gasteiger partial charge on any atom is 0.310 e. The normalized spacial score (nSPS) is 18.0. The van der Waals surface area contributed by atoms with Gasteiger partial charge in [0.2, 0.25) is 15.9 Å². The summed E-state index contributed by atoms with van der Waals surface area (Å²) in [5.74, 6) is -1.46. The van der Waals surface area contributed by atoms with Crippen LogP contribution in [0, 0.1) is 19.3 Å². The number of rotatable bonds is 8. The number of carboxylic acid groups (broad SMARTS) is 1. The smallest absolute Gasteiger partial charge is 0.310 e. The van der Waals surface area contributed by atoms with E-state index in [9.17, 15) is 18.3 Å². The highest BCUT2D eigenvalue weighted by Gasteiger charge is 2.43. The molecule has 0 aliphatic carbocycles. The number of ether oxygens (including phenoxy) is 1. The van der Waals surface area contributed by atoms with Crippen LogP contribution in [0.15, 0.2) is 35.4 Å². The van der Waals surface area contributed by atoms with Gasteiger partial charge in [0, 0.05) is 17.6 Å². The molecule has 1 aliphatic rings. The minimum Gasteiger partial charge on any atom is -0.481 e. The number of carboxylic acids is 1. The number of thiazole rings is 1. The molecule has 0 amide bonds. The van der Waals surface area contributed by atoms with Gasteiger partial charge in [0.1, 0.15) is 21.5 Å². The molecule has 2 atom stereocenters. The van der Waals surface area contributed by atoms with Crippen LogP contribution in [-0.4, -0.2) is 61.4 Å². The highest BCUT2D eigenvalue weighted by molar-refractivity contribution is 7.89. The predicted molar refractivity (Wildman–Crippen MR) is 155 cm³/mol. The van der Waals surface area contributed by atoms with E-state index in [-0.39, 0.29) is 30.0 Å². The second kappa shape index (κ2) is 10.8. The fourth-order valence-corrected chi connectivity index (χ4v) is 7.99. The summed E-state index contributed by atoms with van der Waals surface area (Å²) in [6.07, 6.45) is 1.74.